The van der Waals surface area contributed by atoms with Gasteiger partial charge in [0.1, 0.15) is 23.2 Å². The van der Waals surface area contributed by atoms with E-state index in [4.69, 9.17) is 10.5 Å². The Hall–Kier alpha value is -3.82. The summed E-state index contributed by atoms with van der Waals surface area (Å²) in [6.45, 7) is 2.32. The second-order valence-corrected chi connectivity index (χ2v) is 8.79. The first-order valence-electron chi connectivity index (χ1n) is 10.9. The number of rotatable bonds is 1. The van der Waals surface area contributed by atoms with Crippen LogP contribution >= 0.6 is 0 Å². The summed E-state index contributed by atoms with van der Waals surface area (Å²) in [6, 6.07) is 6.67. The van der Waals surface area contributed by atoms with Crippen LogP contribution in [0.3, 0.4) is 0 Å². The minimum absolute atomic E-state index is 0.194. The van der Waals surface area contributed by atoms with E-state index < -0.39 is 17.8 Å². The molecule has 2 atom stereocenters. The number of nitrogens with zero attached hydrogens (tertiary/aromatic N) is 4. The third-order valence-corrected chi connectivity index (χ3v) is 6.73. The normalized spacial score (nSPS) is 19.8. The van der Waals surface area contributed by atoms with E-state index in [2.05, 4.69) is 9.97 Å². The summed E-state index contributed by atoms with van der Waals surface area (Å²) in [4.78, 5) is 24.1. The van der Waals surface area contributed by atoms with Gasteiger partial charge < -0.3 is 15.4 Å². The number of halogens is 3. The topological polar surface area (TPSA) is 85.8 Å². The first kappa shape index (κ1) is 20.8. The van der Waals surface area contributed by atoms with Crippen molar-refractivity contribution in [2.45, 2.75) is 38.1 Å². The summed E-state index contributed by atoms with van der Waals surface area (Å²) >= 11 is 0. The Kier molecular flexibility index (Phi) is 4.33. The molecular weight excluding hydrogens is 447 g/mol. The molecule has 174 valence electrons. The number of ether oxygens (including phenoxy) is 1. The first-order valence-corrected chi connectivity index (χ1v) is 10.9. The predicted molar refractivity (Wildman–Crippen MR) is 119 cm³/mol. The lowest BCUT2D eigenvalue weighted by Gasteiger charge is -2.37. The maximum Gasteiger partial charge on any atom is 0.416 e. The highest BCUT2D eigenvalue weighted by atomic mass is 19.4. The smallest absolute Gasteiger partial charge is 0.416 e. The van der Waals surface area contributed by atoms with E-state index in [0.29, 0.717) is 52.9 Å². The number of imidazole rings is 1. The van der Waals surface area contributed by atoms with Crippen molar-refractivity contribution in [3.05, 3.63) is 65.1 Å². The number of carbonyl (C=O) groups excluding carboxylic acids is 1. The molecule has 6 rings (SSSR count). The minimum atomic E-state index is -4.46. The average molecular weight is 467 g/mol. The molecule has 2 N–H and O–H groups in total. The third kappa shape index (κ3) is 3.01. The minimum Gasteiger partial charge on any atom is -0.488 e. The summed E-state index contributed by atoms with van der Waals surface area (Å²) in [5.41, 5.74) is 9.10. The van der Waals surface area contributed by atoms with Crippen molar-refractivity contribution in [1.82, 2.24) is 19.3 Å². The van der Waals surface area contributed by atoms with Crippen LogP contribution in [0.1, 0.15) is 45.9 Å². The van der Waals surface area contributed by atoms with Gasteiger partial charge in [-0.15, -0.1) is 0 Å². The van der Waals surface area contributed by atoms with Crippen molar-refractivity contribution in [2.24, 2.45) is 0 Å². The number of hydrogen-bond acceptors (Lipinski definition) is 5. The number of nitrogens with two attached hydrogens (primary N) is 1. The van der Waals surface area contributed by atoms with Gasteiger partial charge in [-0.1, -0.05) is 6.07 Å². The van der Waals surface area contributed by atoms with Gasteiger partial charge in [0.05, 0.1) is 35.2 Å². The van der Waals surface area contributed by atoms with Gasteiger partial charge in [0.25, 0.3) is 5.91 Å². The monoisotopic (exact) mass is 467 g/mol. The second kappa shape index (κ2) is 7.09. The first-order chi connectivity index (χ1) is 16.2. The van der Waals surface area contributed by atoms with Gasteiger partial charge in [-0.25, -0.2) is 9.97 Å². The van der Waals surface area contributed by atoms with Crippen molar-refractivity contribution in [2.75, 3.05) is 12.3 Å². The van der Waals surface area contributed by atoms with Crippen LogP contribution < -0.4 is 10.5 Å². The Morgan fingerprint density at radius 1 is 1.21 bits per heavy atom. The molecule has 4 heterocycles. The summed E-state index contributed by atoms with van der Waals surface area (Å²) in [5.74, 6) is 0.343. The molecule has 34 heavy (non-hydrogen) atoms. The van der Waals surface area contributed by atoms with E-state index in [9.17, 15) is 18.0 Å². The molecule has 2 aromatic heterocycles. The Morgan fingerprint density at radius 2 is 2.03 bits per heavy atom. The van der Waals surface area contributed by atoms with Crippen molar-refractivity contribution >= 4 is 28.3 Å². The molecule has 1 fully saturated rings. The van der Waals surface area contributed by atoms with Gasteiger partial charge in [0.15, 0.2) is 0 Å². The van der Waals surface area contributed by atoms with Gasteiger partial charge in [-0.3, -0.25) is 9.20 Å². The SMILES string of the molecule is Cc1cc2nc(N)c3cncn3c2cc1C(=O)N1CCCC2Oc3cc(C(F)(F)F)ccc3C21. The number of aromatic nitrogens is 3. The molecule has 0 radical (unpaired) electrons. The molecule has 2 aliphatic rings. The number of nitrogen functional groups attached to an aromatic ring is 1. The Morgan fingerprint density at radius 3 is 2.82 bits per heavy atom. The second-order valence-electron chi connectivity index (χ2n) is 8.79. The van der Waals surface area contributed by atoms with Crippen LogP contribution in [0.2, 0.25) is 0 Å². The lowest BCUT2D eigenvalue weighted by atomic mass is 9.92. The Balaban J connectivity index is 1.43. The molecule has 1 saturated heterocycles. The number of likely N-dealkylation sites (tertiary alicyclic amines) is 1. The Bertz CT molecular complexity index is 1480. The maximum absolute atomic E-state index is 13.8. The average Bonchev–Trinajstić information content (AvgIpc) is 3.42. The van der Waals surface area contributed by atoms with Crippen molar-refractivity contribution < 1.29 is 22.7 Å². The van der Waals surface area contributed by atoms with E-state index in [1.54, 1.807) is 27.9 Å². The van der Waals surface area contributed by atoms with Gasteiger partial charge in [0.2, 0.25) is 0 Å². The van der Waals surface area contributed by atoms with Crippen molar-refractivity contribution in [3.63, 3.8) is 0 Å². The molecule has 2 aromatic carbocycles. The Labute approximate surface area is 192 Å². The van der Waals surface area contributed by atoms with Crippen LogP contribution in [-0.4, -0.2) is 37.8 Å². The molecule has 7 nitrogen and oxygen atoms in total. The fourth-order valence-electron chi connectivity index (χ4n) is 5.11. The molecule has 4 aromatic rings. The number of aryl methyl sites for hydroxylation is 1. The predicted octanol–water partition coefficient (Wildman–Crippen LogP) is 4.53. The number of fused-ring (bicyclic) bond motifs is 6. The zero-order valence-corrected chi connectivity index (χ0v) is 18.1. The number of carbonyl (C=O) groups is 1. The van der Waals surface area contributed by atoms with Gasteiger partial charge in [0, 0.05) is 17.7 Å². The summed E-state index contributed by atoms with van der Waals surface area (Å²) < 4.78 is 47.3. The largest absolute Gasteiger partial charge is 0.488 e. The zero-order valence-electron chi connectivity index (χ0n) is 18.1. The lowest BCUT2D eigenvalue weighted by Crippen LogP contribution is -2.44. The standard InChI is InChI=1S/C24H20F3N5O2/c1-12-7-16-17(32-11-29-10-18(32)22(28)30-16)9-15(12)23(33)31-6-2-3-19-21(31)14-5-4-13(24(25,26)27)8-20(14)34-19/h4-5,7-11,19,21H,2-3,6H2,1H3,(H2,28,30). The van der Waals surface area contributed by atoms with Crippen LogP contribution in [0.4, 0.5) is 19.0 Å². The molecule has 0 bridgehead atoms. The number of hydrogen-bond donors (Lipinski definition) is 1. The highest BCUT2D eigenvalue weighted by molar-refractivity contribution is 6.00. The van der Waals surface area contributed by atoms with E-state index >= 15 is 0 Å². The number of amides is 1. The van der Waals surface area contributed by atoms with E-state index in [1.807, 2.05) is 13.0 Å². The van der Waals surface area contributed by atoms with Crippen LogP contribution in [0.5, 0.6) is 5.75 Å². The van der Waals surface area contributed by atoms with Gasteiger partial charge in [-0.05, 0) is 49.6 Å². The molecule has 0 spiro atoms. The van der Waals surface area contributed by atoms with Crippen LogP contribution in [0.15, 0.2) is 42.9 Å². The summed E-state index contributed by atoms with van der Waals surface area (Å²) in [7, 11) is 0. The van der Waals surface area contributed by atoms with Gasteiger partial charge >= 0.3 is 6.18 Å². The highest BCUT2D eigenvalue weighted by Crippen LogP contribution is 2.47. The fraction of sp³-hybridized carbons (Fsp3) is 0.292. The van der Waals surface area contributed by atoms with Crippen molar-refractivity contribution in [1.29, 1.82) is 0 Å². The third-order valence-electron chi connectivity index (χ3n) is 6.73. The lowest BCUT2D eigenvalue weighted by molar-refractivity contribution is -0.137. The quantitative estimate of drug-likeness (QED) is 0.445. The fourth-order valence-corrected chi connectivity index (χ4v) is 5.11. The van der Waals surface area contributed by atoms with Crippen LogP contribution in [-0.2, 0) is 6.18 Å². The van der Waals surface area contributed by atoms with E-state index in [-0.39, 0.29) is 17.8 Å². The zero-order chi connectivity index (χ0) is 23.8. The van der Waals surface area contributed by atoms with Crippen LogP contribution in [0.25, 0.3) is 16.6 Å². The number of benzene rings is 2. The molecule has 0 saturated carbocycles. The van der Waals surface area contributed by atoms with Gasteiger partial charge in [-0.2, -0.15) is 13.2 Å². The van der Waals surface area contributed by atoms with E-state index in [0.717, 1.165) is 17.7 Å². The molecule has 10 heteroatoms. The van der Waals surface area contributed by atoms with E-state index in [1.165, 1.54) is 6.07 Å². The molecule has 0 aliphatic carbocycles. The van der Waals surface area contributed by atoms with Crippen LogP contribution in [0, 0.1) is 6.92 Å². The number of anilines is 1. The molecule has 2 aliphatic heterocycles. The highest BCUT2D eigenvalue weighted by Gasteiger charge is 2.44. The summed E-state index contributed by atoms with van der Waals surface area (Å²) in [6.07, 6.45) is -0.238. The molecular formula is C24H20F3N5O2. The van der Waals surface area contributed by atoms with Crippen molar-refractivity contribution in [3.8, 4) is 5.75 Å². The number of piperidine rings is 1. The summed E-state index contributed by atoms with van der Waals surface area (Å²) in [5, 5.41) is 0. The molecule has 2 unspecified atom stereocenters. The number of alkyl halides is 3. The molecule has 1 amide bonds. The maximum atomic E-state index is 13.8.